The van der Waals surface area contributed by atoms with Crippen LogP contribution in [-0.2, 0) is 6.42 Å². The van der Waals surface area contributed by atoms with Crippen molar-refractivity contribution in [2.75, 3.05) is 6.54 Å². The SMILES string of the molecule is C[C@@H](NC(=O)c1ccc2c(C(=O)C(NCCc3ccc(C#N)cc3)c3ccccc3)c[nH]c2c1)C(F)(F)F. The van der Waals surface area contributed by atoms with Crippen molar-refractivity contribution >= 4 is 22.6 Å². The summed E-state index contributed by atoms with van der Waals surface area (Å²) >= 11 is 0. The van der Waals surface area contributed by atoms with E-state index in [4.69, 9.17) is 5.26 Å². The fraction of sp³-hybridized carbons (Fsp3) is 0.207. The second-order valence-electron chi connectivity index (χ2n) is 8.92. The largest absolute Gasteiger partial charge is 0.408 e. The quantitative estimate of drug-likeness (QED) is 0.256. The van der Waals surface area contributed by atoms with Crippen LogP contribution in [0.25, 0.3) is 10.9 Å². The number of nitrogens with one attached hydrogen (secondary N) is 3. The van der Waals surface area contributed by atoms with Crippen LogP contribution in [0.1, 0.15) is 50.4 Å². The molecule has 0 aliphatic carbocycles. The van der Waals surface area contributed by atoms with Gasteiger partial charge in [0.2, 0.25) is 0 Å². The number of halogens is 3. The third kappa shape index (κ3) is 6.10. The van der Waals surface area contributed by atoms with Gasteiger partial charge in [0.25, 0.3) is 5.91 Å². The maximum absolute atomic E-state index is 13.7. The molecule has 1 aromatic heterocycles. The van der Waals surface area contributed by atoms with E-state index in [1.165, 1.54) is 12.1 Å². The van der Waals surface area contributed by atoms with Crippen molar-refractivity contribution in [3.05, 3.63) is 107 Å². The zero-order chi connectivity index (χ0) is 27.3. The topological polar surface area (TPSA) is 97.8 Å². The van der Waals surface area contributed by atoms with Gasteiger partial charge < -0.3 is 15.6 Å². The molecule has 0 saturated carbocycles. The average Bonchev–Trinajstić information content (AvgIpc) is 3.34. The molecule has 9 heteroatoms. The molecule has 4 rings (SSSR count). The second kappa shape index (κ2) is 11.3. The Morgan fingerprint density at radius 3 is 2.39 bits per heavy atom. The Morgan fingerprint density at radius 2 is 1.74 bits per heavy atom. The molecule has 0 aliphatic rings. The summed E-state index contributed by atoms with van der Waals surface area (Å²) in [5.41, 5.74) is 3.29. The number of nitriles is 1. The smallest absolute Gasteiger partial charge is 0.360 e. The highest BCUT2D eigenvalue weighted by atomic mass is 19.4. The lowest BCUT2D eigenvalue weighted by Gasteiger charge is -2.18. The minimum absolute atomic E-state index is 0.0506. The molecule has 0 bridgehead atoms. The van der Waals surface area contributed by atoms with Crippen molar-refractivity contribution in [3.63, 3.8) is 0 Å². The molecule has 0 fully saturated rings. The number of rotatable bonds is 9. The number of carbonyl (C=O) groups is 2. The minimum Gasteiger partial charge on any atom is -0.360 e. The van der Waals surface area contributed by atoms with Crippen molar-refractivity contribution < 1.29 is 22.8 Å². The Bertz CT molecular complexity index is 1470. The van der Waals surface area contributed by atoms with Crippen molar-refractivity contribution in [2.45, 2.75) is 31.6 Å². The summed E-state index contributed by atoms with van der Waals surface area (Å²) in [7, 11) is 0. The van der Waals surface area contributed by atoms with E-state index in [0.29, 0.717) is 35.0 Å². The molecule has 0 aliphatic heterocycles. The third-order valence-electron chi connectivity index (χ3n) is 6.29. The highest BCUT2D eigenvalue weighted by molar-refractivity contribution is 6.11. The Kier molecular flexibility index (Phi) is 7.93. The van der Waals surface area contributed by atoms with Crippen LogP contribution in [0.5, 0.6) is 0 Å². The first-order chi connectivity index (χ1) is 18.2. The lowest BCUT2D eigenvalue weighted by molar-refractivity contribution is -0.149. The zero-order valence-corrected chi connectivity index (χ0v) is 20.5. The number of alkyl halides is 3. The molecule has 0 radical (unpaired) electrons. The number of amides is 1. The normalized spacial score (nSPS) is 13.0. The van der Waals surface area contributed by atoms with E-state index < -0.39 is 24.2 Å². The van der Waals surface area contributed by atoms with Crippen LogP contribution in [0.2, 0.25) is 0 Å². The van der Waals surface area contributed by atoms with E-state index in [2.05, 4.69) is 16.4 Å². The molecule has 38 heavy (non-hydrogen) atoms. The van der Waals surface area contributed by atoms with Crippen molar-refractivity contribution in [2.24, 2.45) is 0 Å². The van der Waals surface area contributed by atoms with Crippen LogP contribution in [0.4, 0.5) is 13.2 Å². The van der Waals surface area contributed by atoms with Gasteiger partial charge in [-0.25, -0.2) is 0 Å². The maximum atomic E-state index is 13.7. The van der Waals surface area contributed by atoms with E-state index in [-0.39, 0.29) is 11.3 Å². The van der Waals surface area contributed by atoms with Crippen molar-refractivity contribution in [3.8, 4) is 6.07 Å². The molecule has 0 spiro atoms. The Morgan fingerprint density at radius 1 is 1.03 bits per heavy atom. The molecule has 2 atom stereocenters. The van der Waals surface area contributed by atoms with Gasteiger partial charge in [-0.1, -0.05) is 48.5 Å². The lowest BCUT2D eigenvalue weighted by Crippen LogP contribution is -2.43. The van der Waals surface area contributed by atoms with Gasteiger partial charge in [-0.2, -0.15) is 18.4 Å². The third-order valence-corrected chi connectivity index (χ3v) is 6.29. The average molecular weight is 519 g/mol. The van der Waals surface area contributed by atoms with Crippen molar-refractivity contribution in [1.82, 2.24) is 15.6 Å². The van der Waals surface area contributed by atoms with Gasteiger partial charge in [-0.05, 0) is 48.7 Å². The molecule has 3 aromatic carbocycles. The number of H-pyrrole nitrogens is 1. The highest BCUT2D eigenvalue weighted by Crippen LogP contribution is 2.26. The van der Waals surface area contributed by atoms with Gasteiger partial charge in [0.05, 0.1) is 17.7 Å². The molecule has 194 valence electrons. The Hall–Kier alpha value is -4.42. The van der Waals surface area contributed by atoms with Gasteiger partial charge in [0.1, 0.15) is 6.04 Å². The van der Waals surface area contributed by atoms with Gasteiger partial charge >= 0.3 is 6.18 Å². The van der Waals surface area contributed by atoms with Gasteiger partial charge in [0.15, 0.2) is 5.78 Å². The first-order valence-corrected chi connectivity index (χ1v) is 12.0. The minimum atomic E-state index is -4.55. The number of benzene rings is 3. The molecule has 1 amide bonds. The molecule has 1 unspecified atom stereocenters. The zero-order valence-electron chi connectivity index (χ0n) is 20.5. The predicted molar refractivity (Wildman–Crippen MR) is 138 cm³/mol. The van der Waals surface area contributed by atoms with Crippen LogP contribution < -0.4 is 10.6 Å². The predicted octanol–water partition coefficient (Wildman–Crippen LogP) is 5.48. The van der Waals surface area contributed by atoms with Crippen LogP contribution in [0, 0.1) is 11.3 Å². The Labute approximate surface area is 217 Å². The van der Waals surface area contributed by atoms with Crippen LogP contribution in [-0.4, -0.2) is 35.4 Å². The van der Waals surface area contributed by atoms with Crippen LogP contribution in [0.15, 0.2) is 79.0 Å². The molecular weight excluding hydrogens is 493 g/mol. The van der Waals surface area contributed by atoms with Crippen LogP contribution in [0.3, 0.4) is 0 Å². The molecular formula is C29H25F3N4O2. The number of aromatic nitrogens is 1. The van der Waals surface area contributed by atoms with Crippen molar-refractivity contribution in [1.29, 1.82) is 5.26 Å². The number of carbonyl (C=O) groups excluding carboxylic acids is 2. The van der Waals surface area contributed by atoms with E-state index in [1.54, 1.807) is 24.4 Å². The fourth-order valence-electron chi connectivity index (χ4n) is 4.10. The van der Waals surface area contributed by atoms with Gasteiger partial charge in [-0.15, -0.1) is 0 Å². The monoisotopic (exact) mass is 518 g/mol. The molecule has 1 heterocycles. The van der Waals surface area contributed by atoms with E-state index in [0.717, 1.165) is 18.1 Å². The summed E-state index contributed by atoms with van der Waals surface area (Å²) < 4.78 is 38.5. The standard InChI is InChI=1S/C29H25F3N4O2/c1-18(29(30,31)32)36-28(38)22-11-12-23-24(17-35-25(23)15-22)27(37)26(21-5-3-2-4-6-21)34-14-13-19-7-9-20(16-33)10-8-19/h2-12,15,17-18,26,34-35H,13-14H2,1H3,(H,36,38)/t18-,26?/m1/s1. The van der Waals surface area contributed by atoms with Gasteiger partial charge in [0, 0.05) is 34.8 Å². The van der Waals surface area contributed by atoms with Gasteiger partial charge in [-0.3, -0.25) is 9.59 Å². The van der Waals surface area contributed by atoms with E-state index in [1.807, 2.05) is 47.8 Å². The Balaban J connectivity index is 1.54. The molecule has 4 aromatic rings. The fourth-order valence-corrected chi connectivity index (χ4v) is 4.10. The summed E-state index contributed by atoms with van der Waals surface area (Å²) in [6.07, 6.45) is -2.36. The summed E-state index contributed by atoms with van der Waals surface area (Å²) in [6.45, 7) is 1.38. The summed E-state index contributed by atoms with van der Waals surface area (Å²) in [5, 5.41) is 14.8. The summed E-state index contributed by atoms with van der Waals surface area (Å²) in [4.78, 5) is 29.0. The number of hydrogen-bond acceptors (Lipinski definition) is 4. The maximum Gasteiger partial charge on any atom is 0.408 e. The number of hydrogen-bond donors (Lipinski definition) is 3. The number of ketones is 1. The number of Topliss-reactive ketones (excluding diaryl/α,β-unsaturated/α-hetero) is 1. The second-order valence-corrected chi connectivity index (χ2v) is 8.92. The van der Waals surface area contributed by atoms with E-state index in [9.17, 15) is 22.8 Å². The first kappa shape index (κ1) is 26.6. The lowest BCUT2D eigenvalue weighted by atomic mass is 9.96. The highest BCUT2D eigenvalue weighted by Gasteiger charge is 2.37. The summed E-state index contributed by atoms with van der Waals surface area (Å²) in [5.74, 6) is -1.05. The van der Waals surface area contributed by atoms with Crippen LogP contribution >= 0.6 is 0 Å². The molecule has 6 nitrogen and oxygen atoms in total. The molecule has 3 N–H and O–H groups in total. The summed E-state index contributed by atoms with van der Waals surface area (Å²) in [6, 6.07) is 20.4. The number of nitrogens with zero attached hydrogens (tertiary/aromatic N) is 1. The molecule has 0 saturated heterocycles. The number of aromatic amines is 1. The first-order valence-electron chi connectivity index (χ1n) is 12.0. The van der Waals surface area contributed by atoms with E-state index >= 15 is 0 Å². The number of fused-ring (bicyclic) bond motifs is 1.